The highest BCUT2D eigenvalue weighted by molar-refractivity contribution is 9.10. The lowest BCUT2D eigenvalue weighted by atomic mass is 10.3. The van der Waals surface area contributed by atoms with Crippen LogP contribution in [-0.2, 0) is 0 Å². The van der Waals surface area contributed by atoms with Gasteiger partial charge in [0.05, 0.1) is 11.1 Å². The van der Waals surface area contributed by atoms with Crippen LogP contribution in [-0.4, -0.2) is 9.97 Å². The van der Waals surface area contributed by atoms with E-state index in [9.17, 15) is 4.39 Å². The summed E-state index contributed by atoms with van der Waals surface area (Å²) in [6.45, 7) is 2.00. The third-order valence-electron chi connectivity index (χ3n) is 2.83. The number of nitrogen functional groups attached to an aromatic ring is 1. The van der Waals surface area contributed by atoms with Crippen LogP contribution >= 0.6 is 27.3 Å². The molecule has 2 aromatic heterocycles. The highest BCUT2D eigenvalue weighted by Crippen LogP contribution is 2.33. The van der Waals surface area contributed by atoms with Crippen LogP contribution in [0.2, 0.25) is 0 Å². The summed E-state index contributed by atoms with van der Waals surface area (Å²) in [6, 6.07) is 6.41. The largest absolute Gasteiger partial charge is 0.339 e. The lowest BCUT2D eigenvalue weighted by Gasteiger charge is -2.10. The van der Waals surface area contributed by atoms with E-state index in [-0.39, 0.29) is 5.82 Å². The Balaban J connectivity index is 2.10. The van der Waals surface area contributed by atoms with Gasteiger partial charge in [-0.15, -0.1) is 11.3 Å². The first-order valence-electron chi connectivity index (χ1n) is 6.03. The number of aryl methyl sites for hydroxylation is 1. The van der Waals surface area contributed by atoms with Crippen molar-refractivity contribution in [3.8, 4) is 0 Å². The third-order valence-corrected chi connectivity index (χ3v) is 4.43. The van der Waals surface area contributed by atoms with E-state index in [1.54, 1.807) is 17.4 Å². The summed E-state index contributed by atoms with van der Waals surface area (Å²) in [7, 11) is 0. The van der Waals surface area contributed by atoms with Crippen molar-refractivity contribution in [2.45, 2.75) is 6.92 Å². The molecule has 0 atom stereocenters. The number of thiophene rings is 1. The quantitative estimate of drug-likeness (QED) is 0.483. The number of aromatic nitrogens is 2. The van der Waals surface area contributed by atoms with Crippen LogP contribution in [0, 0.1) is 12.7 Å². The fourth-order valence-corrected chi connectivity index (χ4v) is 3.25. The first-order valence-corrected chi connectivity index (χ1v) is 7.64. The molecular weight excluding hydrogens is 357 g/mol. The van der Waals surface area contributed by atoms with E-state index in [0.717, 1.165) is 15.1 Å². The second-order valence-electron chi connectivity index (χ2n) is 4.37. The molecule has 0 saturated carbocycles. The Kier molecular flexibility index (Phi) is 3.75. The molecule has 0 spiro atoms. The highest BCUT2D eigenvalue weighted by Gasteiger charge is 2.12. The van der Waals surface area contributed by atoms with Crippen LogP contribution in [0.3, 0.4) is 0 Å². The van der Waals surface area contributed by atoms with Gasteiger partial charge in [-0.05, 0) is 47.1 Å². The number of hydrogen-bond acceptors (Lipinski definition) is 6. The number of nitrogens with one attached hydrogen (secondary N) is 2. The third kappa shape index (κ3) is 2.82. The number of fused-ring (bicyclic) bond motifs is 1. The van der Waals surface area contributed by atoms with Crippen molar-refractivity contribution in [3.05, 3.63) is 39.4 Å². The number of anilines is 3. The van der Waals surface area contributed by atoms with Gasteiger partial charge < -0.3 is 5.32 Å². The highest BCUT2D eigenvalue weighted by atomic mass is 79.9. The SMILES string of the molecule is Cc1cc2c(Nc3ccc(F)cc3Br)nc(NN)nc2s1. The van der Waals surface area contributed by atoms with Crippen molar-refractivity contribution in [1.82, 2.24) is 9.97 Å². The summed E-state index contributed by atoms with van der Waals surface area (Å²) >= 11 is 4.88. The fraction of sp³-hybridized carbons (Fsp3) is 0.0769. The van der Waals surface area contributed by atoms with E-state index < -0.39 is 0 Å². The van der Waals surface area contributed by atoms with Crippen molar-refractivity contribution in [2.75, 3.05) is 10.7 Å². The second kappa shape index (κ2) is 5.55. The number of hydrazine groups is 1. The molecule has 0 aliphatic carbocycles. The Morgan fingerprint density at radius 1 is 1.29 bits per heavy atom. The van der Waals surface area contributed by atoms with Crippen molar-refractivity contribution in [2.24, 2.45) is 5.84 Å². The van der Waals surface area contributed by atoms with Crippen molar-refractivity contribution in [3.63, 3.8) is 0 Å². The van der Waals surface area contributed by atoms with Crippen molar-refractivity contribution >= 4 is 54.9 Å². The van der Waals surface area contributed by atoms with Gasteiger partial charge in [0, 0.05) is 9.35 Å². The monoisotopic (exact) mass is 367 g/mol. The second-order valence-corrected chi connectivity index (χ2v) is 6.45. The molecule has 0 amide bonds. The summed E-state index contributed by atoms with van der Waals surface area (Å²) in [5.41, 5.74) is 3.16. The molecule has 4 N–H and O–H groups in total. The lowest BCUT2D eigenvalue weighted by molar-refractivity contribution is 0.627. The molecular formula is C13H11BrFN5S. The number of benzene rings is 1. The molecule has 0 aliphatic heterocycles. The fourth-order valence-electron chi connectivity index (χ4n) is 1.92. The maximum Gasteiger partial charge on any atom is 0.240 e. The molecule has 0 radical (unpaired) electrons. The van der Waals surface area contributed by atoms with Crippen LogP contribution in [0.25, 0.3) is 10.2 Å². The van der Waals surface area contributed by atoms with Gasteiger partial charge in [-0.1, -0.05) is 0 Å². The number of hydrogen-bond donors (Lipinski definition) is 3. The Labute approximate surface area is 132 Å². The van der Waals surface area contributed by atoms with Gasteiger partial charge in [0.25, 0.3) is 0 Å². The summed E-state index contributed by atoms with van der Waals surface area (Å²) in [4.78, 5) is 10.6. The molecule has 3 rings (SSSR count). The number of halogens is 2. The van der Waals surface area contributed by atoms with Crippen molar-refractivity contribution < 1.29 is 4.39 Å². The van der Waals surface area contributed by atoms with Gasteiger partial charge in [0.1, 0.15) is 16.5 Å². The zero-order valence-corrected chi connectivity index (χ0v) is 13.3. The van der Waals surface area contributed by atoms with Crippen molar-refractivity contribution in [1.29, 1.82) is 0 Å². The first kappa shape index (κ1) is 14.2. The molecule has 0 bridgehead atoms. The van der Waals surface area contributed by atoms with E-state index >= 15 is 0 Å². The molecule has 1 aromatic carbocycles. The lowest BCUT2D eigenvalue weighted by Crippen LogP contribution is -2.11. The van der Waals surface area contributed by atoms with Gasteiger partial charge >= 0.3 is 0 Å². The molecule has 0 saturated heterocycles. The normalized spacial score (nSPS) is 10.9. The maximum absolute atomic E-state index is 13.2. The van der Waals surface area contributed by atoms with Crippen LogP contribution in [0.1, 0.15) is 4.88 Å². The Bertz CT molecular complexity index is 820. The van der Waals surface area contributed by atoms with Crippen LogP contribution in [0.5, 0.6) is 0 Å². The van der Waals surface area contributed by atoms with Gasteiger partial charge in [-0.2, -0.15) is 4.98 Å². The molecule has 108 valence electrons. The standard InChI is InChI=1S/C13H11BrFN5S/c1-6-4-8-11(18-13(20-16)19-12(8)21-6)17-10-3-2-7(15)5-9(10)14/h2-5H,16H2,1H3,(H2,17,18,19,20). The first-order chi connectivity index (χ1) is 10.1. The van der Waals surface area contributed by atoms with Gasteiger partial charge in [-0.25, -0.2) is 15.2 Å². The average molecular weight is 368 g/mol. The Hall–Kier alpha value is -1.77. The van der Waals surface area contributed by atoms with E-state index in [4.69, 9.17) is 5.84 Å². The number of nitrogens with zero attached hydrogens (tertiary/aromatic N) is 2. The molecule has 21 heavy (non-hydrogen) atoms. The van der Waals surface area contributed by atoms with E-state index in [0.29, 0.717) is 21.9 Å². The molecule has 0 unspecified atom stereocenters. The van der Waals surface area contributed by atoms with Crippen LogP contribution < -0.4 is 16.6 Å². The maximum atomic E-state index is 13.2. The molecule has 0 aliphatic rings. The predicted octanol–water partition coefficient (Wildman–Crippen LogP) is 3.93. The minimum atomic E-state index is -0.309. The molecule has 0 fully saturated rings. The van der Waals surface area contributed by atoms with E-state index in [1.807, 2.05) is 13.0 Å². The Morgan fingerprint density at radius 3 is 2.81 bits per heavy atom. The molecule has 3 aromatic rings. The predicted molar refractivity (Wildman–Crippen MR) is 87.3 cm³/mol. The topological polar surface area (TPSA) is 75.9 Å². The van der Waals surface area contributed by atoms with Gasteiger partial charge in [0.15, 0.2) is 0 Å². The molecule has 8 heteroatoms. The van der Waals surface area contributed by atoms with Crippen LogP contribution in [0.4, 0.5) is 21.8 Å². The minimum Gasteiger partial charge on any atom is -0.339 e. The Morgan fingerprint density at radius 2 is 2.10 bits per heavy atom. The van der Waals surface area contributed by atoms with E-state index in [1.165, 1.54) is 12.1 Å². The van der Waals surface area contributed by atoms with Gasteiger partial charge in [-0.3, -0.25) is 5.43 Å². The number of rotatable bonds is 3. The summed E-state index contributed by atoms with van der Waals surface area (Å²) in [5, 5.41) is 4.07. The summed E-state index contributed by atoms with van der Waals surface area (Å²) < 4.78 is 13.8. The zero-order chi connectivity index (χ0) is 15.0. The summed E-state index contributed by atoms with van der Waals surface area (Å²) in [6.07, 6.45) is 0. The average Bonchev–Trinajstić information content (AvgIpc) is 2.82. The number of nitrogens with two attached hydrogens (primary N) is 1. The zero-order valence-electron chi connectivity index (χ0n) is 10.9. The minimum absolute atomic E-state index is 0.309. The van der Waals surface area contributed by atoms with E-state index in [2.05, 4.69) is 36.6 Å². The van der Waals surface area contributed by atoms with Crippen LogP contribution in [0.15, 0.2) is 28.7 Å². The molecule has 2 heterocycles. The van der Waals surface area contributed by atoms with Gasteiger partial charge in [0.2, 0.25) is 5.95 Å². The molecule has 5 nitrogen and oxygen atoms in total. The smallest absolute Gasteiger partial charge is 0.240 e. The summed E-state index contributed by atoms with van der Waals surface area (Å²) in [5.74, 6) is 6.03.